The molecule has 0 saturated carbocycles. The van der Waals surface area contributed by atoms with Crippen molar-refractivity contribution in [2.75, 3.05) is 0 Å². The van der Waals surface area contributed by atoms with Crippen LogP contribution in [0.15, 0.2) is 231 Å². The second-order valence-corrected chi connectivity index (χ2v) is 16.1. The number of nitrogens with zero attached hydrogens (tertiary/aromatic N) is 2. The summed E-state index contributed by atoms with van der Waals surface area (Å²) < 4.78 is 0. The molecule has 2 heteroatoms. The van der Waals surface area contributed by atoms with Crippen LogP contribution in [0.1, 0.15) is 11.1 Å². The molecule has 62 heavy (non-hydrogen) atoms. The predicted molar refractivity (Wildman–Crippen MR) is 260 cm³/mol. The zero-order chi connectivity index (χ0) is 41.8. The molecule has 294 valence electrons. The van der Waals surface area contributed by atoms with Gasteiger partial charge < -0.3 is 0 Å². The van der Waals surface area contributed by atoms with Gasteiger partial charge in [-0.1, -0.05) is 181 Å². The van der Waals surface area contributed by atoms with Gasteiger partial charge in [-0.2, -0.15) is 0 Å². The number of rotatable bonds is 9. The highest BCUT2D eigenvalue weighted by atomic mass is 14.9. The number of aryl methyl sites for hydroxylation is 2. The summed E-state index contributed by atoms with van der Waals surface area (Å²) in [6.07, 6.45) is 0. The Kier molecular flexibility index (Phi) is 10.5. The lowest BCUT2D eigenvalue weighted by molar-refractivity contribution is 1.18. The summed E-state index contributed by atoms with van der Waals surface area (Å²) in [4.78, 5) is 10.5. The molecule has 0 fully saturated rings. The van der Waals surface area contributed by atoms with Crippen molar-refractivity contribution in [1.29, 1.82) is 0 Å². The van der Waals surface area contributed by atoms with Crippen LogP contribution in [-0.4, -0.2) is 9.97 Å². The fourth-order valence-electron chi connectivity index (χ4n) is 8.34. The topological polar surface area (TPSA) is 25.8 Å². The van der Waals surface area contributed by atoms with Crippen molar-refractivity contribution in [3.05, 3.63) is 242 Å². The summed E-state index contributed by atoms with van der Waals surface area (Å²) >= 11 is 0. The number of benzene rings is 9. The molecule has 0 amide bonds. The van der Waals surface area contributed by atoms with E-state index in [1.54, 1.807) is 0 Å². The molecule has 10 aromatic rings. The Morgan fingerprint density at radius 2 is 0.500 bits per heavy atom. The average Bonchev–Trinajstić information content (AvgIpc) is 3.34. The lowest BCUT2D eigenvalue weighted by atomic mass is 9.88. The van der Waals surface area contributed by atoms with Crippen molar-refractivity contribution in [2.45, 2.75) is 13.8 Å². The van der Waals surface area contributed by atoms with Crippen LogP contribution in [0.4, 0.5) is 0 Å². The second kappa shape index (κ2) is 17.0. The molecule has 9 aromatic carbocycles. The van der Waals surface area contributed by atoms with E-state index < -0.39 is 0 Å². The molecular formula is C60H44N2. The Labute approximate surface area is 364 Å². The van der Waals surface area contributed by atoms with E-state index in [1.165, 1.54) is 55.6 Å². The molecule has 0 radical (unpaired) electrons. The maximum Gasteiger partial charge on any atom is 0.160 e. The minimum atomic E-state index is 0.689. The van der Waals surface area contributed by atoms with Crippen LogP contribution >= 0.6 is 0 Å². The molecule has 10 rings (SSSR count). The molecule has 0 aliphatic rings. The Bertz CT molecular complexity index is 2960. The fourth-order valence-corrected chi connectivity index (χ4v) is 8.34. The molecule has 0 saturated heterocycles. The maximum absolute atomic E-state index is 5.34. The third-order valence-electron chi connectivity index (χ3n) is 11.5. The zero-order valence-electron chi connectivity index (χ0n) is 34.8. The average molecular weight is 793 g/mol. The van der Waals surface area contributed by atoms with Gasteiger partial charge in [-0.3, -0.25) is 0 Å². The normalized spacial score (nSPS) is 11.1. The van der Waals surface area contributed by atoms with Gasteiger partial charge in [-0.15, -0.1) is 0 Å². The minimum Gasteiger partial charge on any atom is -0.228 e. The van der Waals surface area contributed by atoms with Crippen molar-refractivity contribution in [2.24, 2.45) is 0 Å². The highest BCUT2D eigenvalue weighted by Gasteiger charge is 2.17. The van der Waals surface area contributed by atoms with Gasteiger partial charge in [0.1, 0.15) is 0 Å². The van der Waals surface area contributed by atoms with Gasteiger partial charge in [0.2, 0.25) is 0 Å². The lowest BCUT2D eigenvalue weighted by Gasteiger charge is -2.17. The van der Waals surface area contributed by atoms with Gasteiger partial charge in [-0.25, -0.2) is 9.97 Å². The third-order valence-corrected chi connectivity index (χ3v) is 11.5. The zero-order valence-corrected chi connectivity index (χ0v) is 34.8. The minimum absolute atomic E-state index is 0.689. The summed E-state index contributed by atoms with van der Waals surface area (Å²) in [6, 6.07) is 82.8. The van der Waals surface area contributed by atoms with Crippen LogP contribution in [0.3, 0.4) is 0 Å². The number of hydrogen-bond donors (Lipinski definition) is 0. The molecule has 2 nitrogen and oxygen atoms in total. The van der Waals surface area contributed by atoms with Crippen LogP contribution in [0.25, 0.3) is 101 Å². The van der Waals surface area contributed by atoms with Gasteiger partial charge in [0.15, 0.2) is 5.82 Å². The highest BCUT2D eigenvalue weighted by Crippen LogP contribution is 2.40. The summed E-state index contributed by atoms with van der Waals surface area (Å²) in [5, 5.41) is 0. The summed E-state index contributed by atoms with van der Waals surface area (Å²) in [5.41, 5.74) is 21.1. The molecule has 0 bridgehead atoms. The van der Waals surface area contributed by atoms with E-state index >= 15 is 0 Å². The van der Waals surface area contributed by atoms with Gasteiger partial charge >= 0.3 is 0 Å². The molecule has 0 aliphatic heterocycles. The number of hydrogen-bond acceptors (Lipinski definition) is 2. The van der Waals surface area contributed by atoms with Crippen LogP contribution in [0.2, 0.25) is 0 Å². The van der Waals surface area contributed by atoms with Gasteiger partial charge in [0, 0.05) is 16.7 Å². The van der Waals surface area contributed by atoms with Crippen LogP contribution < -0.4 is 0 Å². The van der Waals surface area contributed by atoms with Crippen molar-refractivity contribution in [3.8, 4) is 101 Å². The smallest absolute Gasteiger partial charge is 0.160 e. The van der Waals surface area contributed by atoms with E-state index in [9.17, 15) is 0 Å². The Balaban J connectivity index is 1.25. The third kappa shape index (κ3) is 8.28. The second-order valence-electron chi connectivity index (χ2n) is 16.1. The Hall–Kier alpha value is -7.94. The Morgan fingerprint density at radius 1 is 0.210 bits per heavy atom. The molecule has 0 unspecified atom stereocenters. The first-order valence-electron chi connectivity index (χ1n) is 21.2. The van der Waals surface area contributed by atoms with Crippen molar-refractivity contribution in [1.82, 2.24) is 9.97 Å². The highest BCUT2D eigenvalue weighted by molar-refractivity contribution is 5.89. The largest absolute Gasteiger partial charge is 0.228 e. The van der Waals surface area contributed by atoms with E-state index in [4.69, 9.17) is 9.97 Å². The molecular weight excluding hydrogens is 749 g/mol. The molecule has 1 heterocycles. The first kappa shape index (κ1) is 38.3. The molecule has 0 N–H and O–H groups in total. The lowest BCUT2D eigenvalue weighted by Crippen LogP contribution is -1.97. The SMILES string of the molecule is Cc1cccc(-c2cc(-c3ccccc3)cc(-c3cc(-c4cc(-c5ccccc5)cc(-c5cccc(C)c5)c4)cc(-c4cc(-c5ccccc5)nc(-c5ccccc5)n4)c3)c2)c1. The van der Waals surface area contributed by atoms with Gasteiger partial charge in [0.05, 0.1) is 11.4 Å². The van der Waals surface area contributed by atoms with Crippen LogP contribution in [0.5, 0.6) is 0 Å². The maximum atomic E-state index is 5.34. The van der Waals surface area contributed by atoms with E-state index in [1.807, 2.05) is 24.3 Å². The quantitative estimate of drug-likeness (QED) is 0.145. The van der Waals surface area contributed by atoms with Crippen molar-refractivity contribution in [3.63, 3.8) is 0 Å². The molecule has 1 aromatic heterocycles. The van der Waals surface area contributed by atoms with Gasteiger partial charge in [-0.05, 0) is 141 Å². The number of aromatic nitrogens is 2. The van der Waals surface area contributed by atoms with Crippen molar-refractivity contribution < 1.29 is 0 Å². The summed E-state index contributed by atoms with van der Waals surface area (Å²) in [6.45, 7) is 4.32. The van der Waals surface area contributed by atoms with Gasteiger partial charge in [0.25, 0.3) is 0 Å². The first-order chi connectivity index (χ1) is 30.5. The standard InChI is InChI=1S/C60H44N2/c1-41-17-15-27-47(29-41)51-31-49(43-19-7-3-8-20-43)33-53(35-51)55-37-56(54-34-50(44-21-9-4-10-22-44)32-52(36-54)48-28-16-18-42(2)30-48)39-57(38-55)59-40-58(45-23-11-5-12-24-45)61-60(62-59)46-25-13-6-14-26-46/h3-40H,1-2H3. The first-order valence-corrected chi connectivity index (χ1v) is 21.2. The van der Waals surface area contributed by atoms with E-state index in [2.05, 4.69) is 220 Å². The van der Waals surface area contributed by atoms with Crippen LogP contribution in [-0.2, 0) is 0 Å². The Morgan fingerprint density at radius 3 is 0.887 bits per heavy atom. The van der Waals surface area contributed by atoms with Crippen LogP contribution in [0, 0.1) is 13.8 Å². The fraction of sp³-hybridized carbons (Fsp3) is 0.0333. The molecule has 0 spiro atoms. The van der Waals surface area contributed by atoms with E-state index in [0.29, 0.717) is 5.82 Å². The predicted octanol–water partition coefficient (Wildman–Crippen LogP) is 16.1. The summed E-state index contributed by atoms with van der Waals surface area (Å²) in [7, 11) is 0. The molecule has 0 atom stereocenters. The van der Waals surface area contributed by atoms with E-state index in [0.717, 1.165) is 50.3 Å². The monoisotopic (exact) mass is 792 g/mol. The molecule has 0 aliphatic carbocycles. The summed E-state index contributed by atoms with van der Waals surface area (Å²) in [5.74, 6) is 0.689. The van der Waals surface area contributed by atoms with E-state index in [-0.39, 0.29) is 0 Å². The van der Waals surface area contributed by atoms with Crippen molar-refractivity contribution >= 4 is 0 Å².